The van der Waals surface area contributed by atoms with E-state index in [1.54, 1.807) is 18.7 Å². The van der Waals surface area contributed by atoms with Crippen molar-refractivity contribution < 1.29 is 4.74 Å². The molecule has 0 spiro atoms. The highest BCUT2D eigenvalue weighted by Crippen LogP contribution is 2.21. The lowest BCUT2D eigenvalue weighted by atomic mass is 10.3. The molecule has 1 N–H and O–H groups in total. The Balaban J connectivity index is 1.88. The average molecular weight is 230 g/mol. The number of aromatic nitrogens is 3. The highest BCUT2D eigenvalue weighted by Gasteiger charge is 2.18. The Morgan fingerprint density at radius 1 is 1.41 bits per heavy atom. The van der Waals surface area contributed by atoms with E-state index < -0.39 is 0 Å². The van der Waals surface area contributed by atoms with Gasteiger partial charge in [-0.15, -0.1) is 0 Å². The van der Waals surface area contributed by atoms with Gasteiger partial charge in [-0.1, -0.05) is 0 Å². The molecule has 5 heteroatoms. The second-order valence-electron chi connectivity index (χ2n) is 4.03. The number of rotatable bonds is 3. The fourth-order valence-corrected chi connectivity index (χ4v) is 1.96. The number of hydrogen-bond acceptors (Lipinski definition) is 4. The highest BCUT2D eigenvalue weighted by molar-refractivity contribution is 5.41. The predicted molar refractivity (Wildman–Crippen MR) is 63.3 cm³/mol. The van der Waals surface area contributed by atoms with Crippen LogP contribution in [-0.2, 0) is 0 Å². The number of nitrogens with zero attached hydrogens (tertiary/aromatic N) is 3. The summed E-state index contributed by atoms with van der Waals surface area (Å²) in [5.74, 6) is 0.666. The van der Waals surface area contributed by atoms with Gasteiger partial charge < -0.3 is 14.6 Å². The van der Waals surface area contributed by atoms with Crippen molar-refractivity contribution in [1.29, 1.82) is 0 Å². The summed E-state index contributed by atoms with van der Waals surface area (Å²) in [6, 6.07) is 3.88. The normalized spacial score (nSPS) is 19.4. The van der Waals surface area contributed by atoms with E-state index in [-0.39, 0.29) is 6.10 Å². The molecule has 2 aromatic heterocycles. The topological polar surface area (TPSA) is 52.0 Å². The van der Waals surface area contributed by atoms with Crippen molar-refractivity contribution >= 4 is 0 Å². The minimum atomic E-state index is 0.215. The van der Waals surface area contributed by atoms with Gasteiger partial charge in [0, 0.05) is 25.1 Å². The maximum Gasteiger partial charge on any atom is 0.238 e. The Bertz CT molecular complexity index is 477. The first-order valence-electron chi connectivity index (χ1n) is 5.74. The second kappa shape index (κ2) is 4.55. The van der Waals surface area contributed by atoms with Crippen LogP contribution in [0.4, 0.5) is 0 Å². The lowest BCUT2D eigenvalue weighted by Gasteiger charge is -2.14. The minimum Gasteiger partial charge on any atom is -0.471 e. The van der Waals surface area contributed by atoms with E-state index in [1.807, 2.05) is 22.9 Å². The van der Waals surface area contributed by atoms with E-state index in [0.29, 0.717) is 5.88 Å². The molecule has 1 saturated heterocycles. The molecule has 5 nitrogen and oxygen atoms in total. The zero-order chi connectivity index (χ0) is 11.5. The Hall–Kier alpha value is -1.88. The van der Waals surface area contributed by atoms with Crippen molar-refractivity contribution in [2.45, 2.75) is 12.5 Å². The summed E-state index contributed by atoms with van der Waals surface area (Å²) >= 11 is 0. The summed E-state index contributed by atoms with van der Waals surface area (Å²) in [5.41, 5.74) is 0.928. The molecule has 0 saturated carbocycles. The summed E-state index contributed by atoms with van der Waals surface area (Å²) in [6.45, 7) is 1.90. The first-order chi connectivity index (χ1) is 8.43. The van der Waals surface area contributed by atoms with E-state index in [2.05, 4.69) is 15.3 Å². The fourth-order valence-electron chi connectivity index (χ4n) is 1.96. The Morgan fingerprint density at radius 2 is 2.41 bits per heavy atom. The Kier molecular flexibility index (Phi) is 2.75. The fraction of sp³-hybridized carbons (Fsp3) is 0.333. The van der Waals surface area contributed by atoms with Gasteiger partial charge in [0.1, 0.15) is 11.8 Å². The maximum atomic E-state index is 5.91. The monoisotopic (exact) mass is 230 g/mol. The van der Waals surface area contributed by atoms with Crippen molar-refractivity contribution in [2.75, 3.05) is 13.1 Å². The molecule has 88 valence electrons. The third-order valence-electron chi connectivity index (χ3n) is 2.83. The SMILES string of the molecule is c1cnc(OC2CCNC2)c(-n2ccnc2)c1. The smallest absolute Gasteiger partial charge is 0.238 e. The van der Waals surface area contributed by atoms with Gasteiger partial charge in [0.05, 0.1) is 6.33 Å². The lowest BCUT2D eigenvalue weighted by molar-refractivity contribution is 0.213. The summed E-state index contributed by atoms with van der Waals surface area (Å²) in [6.07, 6.45) is 8.37. The summed E-state index contributed by atoms with van der Waals surface area (Å²) in [7, 11) is 0. The van der Waals surface area contributed by atoms with Crippen LogP contribution in [-0.4, -0.2) is 33.7 Å². The van der Waals surface area contributed by atoms with Crippen LogP contribution in [0.15, 0.2) is 37.1 Å². The van der Waals surface area contributed by atoms with E-state index >= 15 is 0 Å². The predicted octanol–water partition coefficient (Wildman–Crippen LogP) is 1.01. The molecule has 3 rings (SSSR count). The van der Waals surface area contributed by atoms with Gasteiger partial charge >= 0.3 is 0 Å². The largest absolute Gasteiger partial charge is 0.471 e. The van der Waals surface area contributed by atoms with Crippen molar-refractivity contribution in [3.63, 3.8) is 0 Å². The molecule has 2 aromatic rings. The van der Waals surface area contributed by atoms with E-state index in [4.69, 9.17) is 4.74 Å². The molecule has 3 heterocycles. The average Bonchev–Trinajstić information content (AvgIpc) is 3.01. The lowest BCUT2D eigenvalue weighted by Crippen LogP contribution is -2.20. The number of nitrogens with one attached hydrogen (secondary N) is 1. The van der Waals surface area contributed by atoms with Gasteiger partial charge in [-0.25, -0.2) is 9.97 Å². The summed E-state index contributed by atoms with van der Waals surface area (Å²) in [5, 5.41) is 3.27. The minimum absolute atomic E-state index is 0.215. The second-order valence-corrected chi connectivity index (χ2v) is 4.03. The molecule has 1 aliphatic heterocycles. The van der Waals surface area contributed by atoms with Crippen LogP contribution < -0.4 is 10.1 Å². The molecule has 1 fully saturated rings. The van der Waals surface area contributed by atoms with Crippen LogP contribution in [0.5, 0.6) is 5.88 Å². The molecule has 0 amide bonds. The van der Waals surface area contributed by atoms with Gasteiger partial charge in [0.25, 0.3) is 0 Å². The highest BCUT2D eigenvalue weighted by atomic mass is 16.5. The first kappa shape index (κ1) is 10.3. The number of imidazole rings is 1. The first-order valence-corrected chi connectivity index (χ1v) is 5.74. The van der Waals surface area contributed by atoms with Crippen LogP contribution >= 0.6 is 0 Å². The number of hydrogen-bond donors (Lipinski definition) is 1. The molecule has 1 atom stereocenters. The maximum absolute atomic E-state index is 5.91. The van der Waals surface area contributed by atoms with E-state index in [9.17, 15) is 0 Å². The van der Waals surface area contributed by atoms with Crippen molar-refractivity contribution in [1.82, 2.24) is 19.9 Å². The molecule has 0 radical (unpaired) electrons. The molecule has 17 heavy (non-hydrogen) atoms. The third-order valence-corrected chi connectivity index (χ3v) is 2.83. The van der Waals surface area contributed by atoms with Crippen LogP contribution in [0.2, 0.25) is 0 Å². The summed E-state index contributed by atoms with van der Waals surface area (Å²) in [4.78, 5) is 8.34. The Morgan fingerprint density at radius 3 is 3.18 bits per heavy atom. The molecular formula is C12H14N4O. The zero-order valence-corrected chi connectivity index (χ0v) is 9.41. The van der Waals surface area contributed by atoms with Crippen molar-refractivity contribution in [2.24, 2.45) is 0 Å². The molecule has 1 aliphatic rings. The molecule has 1 unspecified atom stereocenters. The zero-order valence-electron chi connectivity index (χ0n) is 9.41. The van der Waals surface area contributed by atoms with Gasteiger partial charge in [-0.3, -0.25) is 0 Å². The van der Waals surface area contributed by atoms with Gasteiger partial charge in [-0.05, 0) is 25.1 Å². The number of pyridine rings is 1. The molecular weight excluding hydrogens is 216 g/mol. The molecule has 0 aromatic carbocycles. The van der Waals surface area contributed by atoms with Crippen LogP contribution in [0.25, 0.3) is 5.69 Å². The summed E-state index contributed by atoms with van der Waals surface area (Å²) < 4.78 is 7.82. The van der Waals surface area contributed by atoms with E-state index in [1.165, 1.54) is 0 Å². The molecule has 0 bridgehead atoms. The van der Waals surface area contributed by atoms with E-state index in [0.717, 1.165) is 25.2 Å². The van der Waals surface area contributed by atoms with Crippen molar-refractivity contribution in [3.8, 4) is 11.6 Å². The van der Waals surface area contributed by atoms with Crippen LogP contribution in [0.1, 0.15) is 6.42 Å². The third kappa shape index (κ3) is 2.14. The molecule has 0 aliphatic carbocycles. The van der Waals surface area contributed by atoms with Gasteiger partial charge in [-0.2, -0.15) is 0 Å². The van der Waals surface area contributed by atoms with Gasteiger partial charge in [0.2, 0.25) is 5.88 Å². The standard InChI is InChI=1S/C12H14N4O/c1-2-11(16-7-6-14-9-16)12(15-4-1)17-10-3-5-13-8-10/h1-2,4,6-7,9-10,13H,3,5,8H2. The van der Waals surface area contributed by atoms with Crippen LogP contribution in [0.3, 0.4) is 0 Å². The van der Waals surface area contributed by atoms with Gasteiger partial charge in [0.15, 0.2) is 0 Å². The number of ether oxygens (including phenoxy) is 1. The van der Waals surface area contributed by atoms with Crippen LogP contribution in [0, 0.1) is 0 Å². The quantitative estimate of drug-likeness (QED) is 0.855. The Labute approximate surface area is 99.5 Å². The van der Waals surface area contributed by atoms with Crippen molar-refractivity contribution in [3.05, 3.63) is 37.1 Å².